The van der Waals surface area contributed by atoms with Gasteiger partial charge in [0.1, 0.15) is 17.4 Å². The van der Waals surface area contributed by atoms with Crippen molar-refractivity contribution in [1.29, 1.82) is 5.26 Å². The van der Waals surface area contributed by atoms with Crippen LogP contribution in [0.3, 0.4) is 0 Å². The lowest BCUT2D eigenvalue weighted by Crippen LogP contribution is -2.40. The number of hydrogen-bond acceptors (Lipinski definition) is 6. The number of carbonyl (C=O) groups is 2. The molecule has 7 nitrogen and oxygen atoms in total. The first kappa shape index (κ1) is 25.9. The zero-order valence-electron chi connectivity index (χ0n) is 20.4. The zero-order valence-corrected chi connectivity index (χ0v) is 21.1. The fraction of sp³-hybridized carbons (Fsp3) is 0.296. The van der Waals surface area contributed by atoms with Crippen LogP contribution in [0.4, 0.5) is 5.69 Å². The fourth-order valence-corrected chi connectivity index (χ4v) is 3.68. The number of ether oxygens (including phenoxy) is 2. The lowest BCUT2D eigenvalue weighted by molar-refractivity contribution is -0.119. The van der Waals surface area contributed by atoms with E-state index in [0.29, 0.717) is 39.7 Å². The second-order valence-electron chi connectivity index (χ2n) is 9.06. The van der Waals surface area contributed by atoms with Gasteiger partial charge in [0.05, 0.1) is 24.3 Å². The van der Waals surface area contributed by atoms with Crippen LogP contribution in [-0.4, -0.2) is 42.1 Å². The van der Waals surface area contributed by atoms with Crippen LogP contribution >= 0.6 is 11.6 Å². The van der Waals surface area contributed by atoms with Gasteiger partial charge in [-0.2, -0.15) is 5.26 Å². The van der Waals surface area contributed by atoms with Crippen LogP contribution in [0.5, 0.6) is 0 Å². The molecule has 0 saturated heterocycles. The number of nitrogens with one attached hydrogen (secondary N) is 1. The van der Waals surface area contributed by atoms with Crippen LogP contribution in [0.15, 0.2) is 60.5 Å². The standard InChI is InChI=1S/C27H28ClN3O4/c1-17(25(32)30-21-10-7-18(8-11-21)26(33)35-27(2,3)4)31-13-12-22(24(16-31)34-5)23-14-20(28)9-6-19(23)15-29/h6-12,14,16-17H,13H2,1-5H3,(H,30,32). The summed E-state index contributed by atoms with van der Waals surface area (Å²) < 4.78 is 10.9. The van der Waals surface area contributed by atoms with Crippen molar-refractivity contribution in [3.8, 4) is 6.07 Å². The maximum absolute atomic E-state index is 12.9. The van der Waals surface area contributed by atoms with E-state index in [4.69, 9.17) is 21.1 Å². The molecule has 0 saturated carbocycles. The van der Waals surface area contributed by atoms with E-state index in [0.717, 1.165) is 5.57 Å². The van der Waals surface area contributed by atoms with E-state index < -0.39 is 17.6 Å². The Morgan fingerprint density at radius 3 is 2.46 bits per heavy atom. The van der Waals surface area contributed by atoms with Gasteiger partial charge in [-0.3, -0.25) is 4.79 Å². The van der Waals surface area contributed by atoms with E-state index in [1.165, 1.54) is 7.11 Å². The second-order valence-corrected chi connectivity index (χ2v) is 9.49. The van der Waals surface area contributed by atoms with Crippen LogP contribution in [0.25, 0.3) is 5.57 Å². The topological polar surface area (TPSA) is 91.7 Å². The highest BCUT2D eigenvalue weighted by atomic mass is 35.5. The quantitative estimate of drug-likeness (QED) is 0.543. The van der Waals surface area contributed by atoms with Crippen molar-refractivity contribution in [2.75, 3.05) is 19.0 Å². The number of amides is 1. The van der Waals surface area contributed by atoms with Crippen LogP contribution in [0.1, 0.15) is 49.2 Å². The minimum atomic E-state index is -0.584. The molecular formula is C27H28ClN3O4. The predicted molar refractivity (Wildman–Crippen MR) is 136 cm³/mol. The molecule has 1 atom stereocenters. The average Bonchev–Trinajstić information content (AvgIpc) is 2.82. The molecule has 8 heteroatoms. The molecule has 1 N–H and O–H groups in total. The highest BCUT2D eigenvalue weighted by molar-refractivity contribution is 6.30. The second kappa shape index (κ2) is 10.7. The number of methoxy groups -OCH3 is 1. The molecule has 0 bridgehead atoms. The van der Waals surface area contributed by atoms with E-state index in [9.17, 15) is 14.9 Å². The first-order chi connectivity index (χ1) is 16.5. The highest BCUT2D eigenvalue weighted by Gasteiger charge is 2.25. The average molecular weight is 494 g/mol. The summed E-state index contributed by atoms with van der Waals surface area (Å²) in [6.45, 7) is 7.64. The Bertz CT molecular complexity index is 1220. The summed E-state index contributed by atoms with van der Waals surface area (Å²) in [5.41, 5.74) is 2.29. The van der Waals surface area contributed by atoms with Crippen LogP contribution in [0, 0.1) is 11.3 Å². The molecule has 0 fully saturated rings. The molecule has 182 valence electrons. The number of esters is 1. The molecule has 1 unspecified atom stereocenters. The van der Waals surface area contributed by atoms with Crippen LogP contribution < -0.4 is 5.32 Å². The summed E-state index contributed by atoms with van der Waals surface area (Å²) in [5, 5.41) is 12.9. The molecule has 2 aromatic carbocycles. The van der Waals surface area contributed by atoms with Crippen molar-refractivity contribution in [2.24, 2.45) is 0 Å². The minimum absolute atomic E-state index is 0.223. The molecule has 0 radical (unpaired) electrons. The van der Waals surface area contributed by atoms with E-state index in [2.05, 4.69) is 11.4 Å². The van der Waals surface area contributed by atoms with Gasteiger partial charge in [0.2, 0.25) is 5.91 Å². The Morgan fingerprint density at radius 2 is 1.86 bits per heavy atom. The smallest absolute Gasteiger partial charge is 0.338 e. The van der Waals surface area contributed by atoms with E-state index in [-0.39, 0.29) is 5.91 Å². The van der Waals surface area contributed by atoms with Crippen molar-refractivity contribution >= 4 is 34.7 Å². The first-order valence-corrected chi connectivity index (χ1v) is 11.5. The maximum Gasteiger partial charge on any atom is 0.338 e. The molecule has 1 aliphatic rings. The highest BCUT2D eigenvalue weighted by Crippen LogP contribution is 2.32. The molecule has 2 aromatic rings. The molecule has 1 amide bonds. The monoisotopic (exact) mass is 493 g/mol. The fourth-order valence-electron chi connectivity index (χ4n) is 3.51. The third-order valence-corrected chi connectivity index (χ3v) is 5.57. The minimum Gasteiger partial charge on any atom is -0.495 e. The molecule has 0 spiro atoms. The van der Waals surface area contributed by atoms with Crippen molar-refractivity contribution in [3.63, 3.8) is 0 Å². The third-order valence-electron chi connectivity index (χ3n) is 5.33. The Kier molecular flexibility index (Phi) is 7.88. The molecular weight excluding hydrogens is 466 g/mol. The van der Waals surface area contributed by atoms with Gasteiger partial charge in [-0.05, 0) is 70.2 Å². The van der Waals surface area contributed by atoms with Gasteiger partial charge < -0.3 is 19.7 Å². The lowest BCUT2D eigenvalue weighted by atomic mass is 9.96. The summed E-state index contributed by atoms with van der Waals surface area (Å²) in [7, 11) is 1.54. The van der Waals surface area contributed by atoms with Crippen molar-refractivity contribution in [2.45, 2.75) is 39.3 Å². The van der Waals surface area contributed by atoms with Gasteiger partial charge in [0.15, 0.2) is 0 Å². The number of carbonyl (C=O) groups excluding carboxylic acids is 2. The number of halogens is 1. The SMILES string of the molecule is COC1=CN(C(C)C(=O)Nc2ccc(C(=O)OC(C)(C)C)cc2)CC=C1c1cc(Cl)ccc1C#N. The largest absolute Gasteiger partial charge is 0.495 e. The van der Waals surface area contributed by atoms with Gasteiger partial charge in [-0.25, -0.2) is 4.79 Å². The number of hydrogen-bond donors (Lipinski definition) is 1. The molecule has 0 aliphatic carbocycles. The van der Waals surface area contributed by atoms with Gasteiger partial charge in [-0.15, -0.1) is 0 Å². The first-order valence-electron chi connectivity index (χ1n) is 11.1. The Morgan fingerprint density at radius 1 is 1.17 bits per heavy atom. The number of benzene rings is 2. The Labute approximate surface area is 210 Å². The molecule has 35 heavy (non-hydrogen) atoms. The summed E-state index contributed by atoms with van der Waals surface area (Å²) in [5.74, 6) is -0.119. The molecule has 1 aliphatic heterocycles. The van der Waals surface area contributed by atoms with Crippen molar-refractivity contribution in [3.05, 3.63) is 82.2 Å². The van der Waals surface area contributed by atoms with Gasteiger partial charge >= 0.3 is 5.97 Å². The third kappa shape index (κ3) is 6.43. The van der Waals surface area contributed by atoms with Crippen LogP contribution in [0.2, 0.25) is 5.02 Å². The summed E-state index contributed by atoms with van der Waals surface area (Å²) in [4.78, 5) is 26.9. The lowest BCUT2D eigenvalue weighted by Gasteiger charge is -2.30. The summed E-state index contributed by atoms with van der Waals surface area (Å²) in [6.07, 6.45) is 3.66. The van der Waals surface area contributed by atoms with Crippen molar-refractivity contribution < 1.29 is 19.1 Å². The Balaban J connectivity index is 1.70. The Hall–Kier alpha value is -3.76. The van der Waals surface area contributed by atoms with Crippen molar-refractivity contribution in [1.82, 2.24) is 4.90 Å². The predicted octanol–water partition coefficient (Wildman–Crippen LogP) is 5.38. The summed E-state index contributed by atoms with van der Waals surface area (Å²) in [6, 6.07) is 13.3. The molecule has 1 heterocycles. The van der Waals surface area contributed by atoms with Gasteiger partial charge in [-0.1, -0.05) is 17.7 Å². The number of rotatable bonds is 6. The normalized spacial score (nSPS) is 14.3. The van der Waals surface area contributed by atoms with E-state index in [1.54, 1.807) is 76.4 Å². The zero-order chi connectivity index (χ0) is 25.8. The van der Waals surface area contributed by atoms with Gasteiger partial charge in [0, 0.05) is 34.6 Å². The van der Waals surface area contributed by atoms with E-state index >= 15 is 0 Å². The number of anilines is 1. The number of nitriles is 1. The van der Waals surface area contributed by atoms with Gasteiger partial charge in [0.25, 0.3) is 0 Å². The molecule has 0 aromatic heterocycles. The summed E-state index contributed by atoms with van der Waals surface area (Å²) >= 11 is 6.15. The maximum atomic E-state index is 12.9. The number of nitrogens with zero attached hydrogens (tertiary/aromatic N) is 2. The van der Waals surface area contributed by atoms with E-state index in [1.807, 2.05) is 11.0 Å². The number of allylic oxidation sites excluding steroid dienone is 1. The van der Waals surface area contributed by atoms with Crippen LogP contribution in [-0.2, 0) is 14.3 Å². The molecule has 3 rings (SSSR count).